The van der Waals surface area contributed by atoms with E-state index in [1.54, 1.807) is 4.90 Å². The molecular formula is C17H22BrN3O2. The minimum atomic E-state index is -0.277. The van der Waals surface area contributed by atoms with Gasteiger partial charge in [0.1, 0.15) is 0 Å². The van der Waals surface area contributed by atoms with E-state index in [0.717, 1.165) is 29.4 Å². The molecule has 0 bridgehead atoms. The summed E-state index contributed by atoms with van der Waals surface area (Å²) in [7, 11) is 0. The summed E-state index contributed by atoms with van der Waals surface area (Å²) in [5.74, 6) is 0.0870. The van der Waals surface area contributed by atoms with Crippen molar-refractivity contribution in [3.05, 3.63) is 28.7 Å². The van der Waals surface area contributed by atoms with Crippen molar-refractivity contribution in [2.24, 2.45) is 17.6 Å². The molecule has 3 atom stereocenters. The fourth-order valence-electron chi connectivity index (χ4n) is 3.59. The van der Waals surface area contributed by atoms with Gasteiger partial charge in [0.25, 0.3) is 0 Å². The average molecular weight is 380 g/mol. The fraction of sp³-hybridized carbons (Fsp3) is 0.529. The molecule has 124 valence electrons. The lowest BCUT2D eigenvalue weighted by molar-refractivity contribution is -0.127. The van der Waals surface area contributed by atoms with Crippen molar-refractivity contribution in [1.82, 2.24) is 5.32 Å². The lowest BCUT2D eigenvalue weighted by atomic mass is 10.0. The van der Waals surface area contributed by atoms with Gasteiger partial charge in [-0.25, -0.2) is 0 Å². The SMILES string of the molecule is NCC1CCCC1NC(=O)C1CC(=O)N(c2cccc(Br)c2)C1. The number of nitrogens with one attached hydrogen (secondary N) is 1. The molecular weight excluding hydrogens is 358 g/mol. The highest BCUT2D eigenvalue weighted by molar-refractivity contribution is 9.10. The first kappa shape index (κ1) is 16.5. The molecule has 1 heterocycles. The van der Waals surface area contributed by atoms with Gasteiger partial charge in [0.2, 0.25) is 11.8 Å². The summed E-state index contributed by atoms with van der Waals surface area (Å²) in [6.07, 6.45) is 3.46. The number of benzene rings is 1. The summed E-state index contributed by atoms with van der Waals surface area (Å²) in [6.45, 7) is 1.06. The molecule has 1 saturated heterocycles. The molecule has 2 fully saturated rings. The standard InChI is InChI=1S/C17H22BrN3O2/c18-13-4-2-5-14(8-13)21-10-12(7-16(21)22)17(23)20-15-6-1-3-11(15)9-19/h2,4-5,8,11-12,15H,1,3,6-7,9-10,19H2,(H,20,23). The number of anilines is 1. The van der Waals surface area contributed by atoms with E-state index < -0.39 is 0 Å². The number of carbonyl (C=O) groups is 2. The number of hydrogen-bond donors (Lipinski definition) is 2. The Kier molecular flexibility index (Phi) is 5.02. The average Bonchev–Trinajstić information content (AvgIpc) is 3.13. The molecule has 0 aromatic heterocycles. The first-order chi connectivity index (χ1) is 11.1. The number of amides is 2. The van der Waals surface area contributed by atoms with Crippen molar-refractivity contribution in [2.75, 3.05) is 18.0 Å². The van der Waals surface area contributed by atoms with Crippen molar-refractivity contribution in [2.45, 2.75) is 31.7 Å². The molecule has 0 spiro atoms. The second-order valence-electron chi connectivity index (χ2n) is 6.43. The maximum absolute atomic E-state index is 12.5. The Bertz CT molecular complexity index is 607. The lowest BCUT2D eigenvalue weighted by Gasteiger charge is -2.22. The molecule has 3 rings (SSSR count). The normalized spacial score (nSPS) is 27.5. The number of nitrogens with two attached hydrogens (primary N) is 1. The first-order valence-electron chi connectivity index (χ1n) is 8.15. The van der Waals surface area contributed by atoms with E-state index in [4.69, 9.17) is 5.73 Å². The number of carbonyl (C=O) groups excluding carboxylic acids is 2. The molecule has 2 amide bonds. The minimum absolute atomic E-state index is 0.00467. The van der Waals surface area contributed by atoms with Gasteiger partial charge >= 0.3 is 0 Å². The van der Waals surface area contributed by atoms with Crippen molar-refractivity contribution in [3.8, 4) is 0 Å². The molecule has 1 aromatic carbocycles. The Morgan fingerprint density at radius 3 is 2.96 bits per heavy atom. The molecule has 0 radical (unpaired) electrons. The second kappa shape index (κ2) is 7.01. The quantitative estimate of drug-likeness (QED) is 0.840. The molecule has 1 aliphatic carbocycles. The highest BCUT2D eigenvalue weighted by atomic mass is 79.9. The van der Waals surface area contributed by atoms with Gasteiger partial charge < -0.3 is 16.0 Å². The van der Waals surface area contributed by atoms with E-state index in [2.05, 4.69) is 21.2 Å². The highest BCUT2D eigenvalue weighted by Crippen LogP contribution is 2.29. The third-order valence-corrected chi connectivity index (χ3v) is 5.40. The summed E-state index contributed by atoms with van der Waals surface area (Å²) in [6, 6.07) is 7.78. The molecule has 3 unspecified atom stereocenters. The van der Waals surface area contributed by atoms with Crippen LogP contribution in [0.3, 0.4) is 0 Å². The maximum Gasteiger partial charge on any atom is 0.227 e. The van der Waals surface area contributed by atoms with Gasteiger partial charge in [-0.15, -0.1) is 0 Å². The van der Waals surface area contributed by atoms with Crippen LogP contribution in [0.25, 0.3) is 0 Å². The van der Waals surface area contributed by atoms with Crippen molar-refractivity contribution >= 4 is 33.4 Å². The number of halogens is 1. The van der Waals surface area contributed by atoms with Gasteiger partial charge in [0.05, 0.1) is 5.92 Å². The molecule has 1 aliphatic heterocycles. The van der Waals surface area contributed by atoms with Gasteiger partial charge in [-0.1, -0.05) is 28.4 Å². The van der Waals surface area contributed by atoms with Crippen LogP contribution in [0.1, 0.15) is 25.7 Å². The largest absolute Gasteiger partial charge is 0.353 e. The van der Waals surface area contributed by atoms with Gasteiger partial charge in [-0.3, -0.25) is 9.59 Å². The molecule has 23 heavy (non-hydrogen) atoms. The van der Waals surface area contributed by atoms with Gasteiger partial charge in [-0.2, -0.15) is 0 Å². The first-order valence-corrected chi connectivity index (χ1v) is 8.94. The minimum Gasteiger partial charge on any atom is -0.353 e. The van der Waals surface area contributed by atoms with E-state index >= 15 is 0 Å². The van der Waals surface area contributed by atoms with E-state index in [0.29, 0.717) is 19.0 Å². The Hall–Kier alpha value is -1.40. The molecule has 5 nitrogen and oxygen atoms in total. The van der Waals surface area contributed by atoms with Crippen LogP contribution in [-0.2, 0) is 9.59 Å². The topological polar surface area (TPSA) is 75.4 Å². The van der Waals surface area contributed by atoms with E-state index in [-0.39, 0.29) is 30.2 Å². The van der Waals surface area contributed by atoms with E-state index in [1.165, 1.54) is 0 Å². The summed E-state index contributed by atoms with van der Waals surface area (Å²) >= 11 is 3.42. The summed E-state index contributed by atoms with van der Waals surface area (Å²) in [5, 5.41) is 3.12. The monoisotopic (exact) mass is 379 g/mol. The van der Waals surface area contributed by atoms with Crippen LogP contribution in [0.2, 0.25) is 0 Å². The van der Waals surface area contributed by atoms with E-state index in [9.17, 15) is 9.59 Å². The van der Waals surface area contributed by atoms with Crippen LogP contribution in [0.4, 0.5) is 5.69 Å². The predicted octanol–water partition coefficient (Wildman–Crippen LogP) is 2.05. The zero-order chi connectivity index (χ0) is 16.4. The predicted molar refractivity (Wildman–Crippen MR) is 92.9 cm³/mol. The number of rotatable bonds is 4. The number of nitrogens with zero attached hydrogens (tertiary/aromatic N) is 1. The molecule has 1 saturated carbocycles. The van der Waals surface area contributed by atoms with Crippen LogP contribution in [-0.4, -0.2) is 30.9 Å². The third-order valence-electron chi connectivity index (χ3n) is 4.91. The van der Waals surface area contributed by atoms with Crippen LogP contribution < -0.4 is 16.0 Å². The van der Waals surface area contributed by atoms with Crippen molar-refractivity contribution in [3.63, 3.8) is 0 Å². The molecule has 6 heteroatoms. The smallest absolute Gasteiger partial charge is 0.227 e. The van der Waals surface area contributed by atoms with Gasteiger partial charge in [0.15, 0.2) is 0 Å². The van der Waals surface area contributed by atoms with Gasteiger partial charge in [0, 0.05) is 29.2 Å². The molecule has 3 N–H and O–H groups in total. The summed E-state index contributed by atoms with van der Waals surface area (Å²) < 4.78 is 0.924. The molecule has 2 aliphatic rings. The lowest BCUT2D eigenvalue weighted by Crippen LogP contribution is -2.43. The fourth-order valence-corrected chi connectivity index (χ4v) is 3.97. The Morgan fingerprint density at radius 2 is 2.22 bits per heavy atom. The Morgan fingerprint density at radius 1 is 1.39 bits per heavy atom. The zero-order valence-electron chi connectivity index (χ0n) is 13.0. The molecule has 1 aromatic rings. The highest BCUT2D eigenvalue weighted by Gasteiger charge is 2.37. The van der Waals surface area contributed by atoms with Gasteiger partial charge in [-0.05, 0) is 43.5 Å². The van der Waals surface area contributed by atoms with Crippen molar-refractivity contribution in [1.29, 1.82) is 0 Å². The van der Waals surface area contributed by atoms with E-state index in [1.807, 2.05) is 24.3 Å². The summed E-state index contributed by atoms with van der Waals surface area (Å²) in [5.41, 5.74) is 6.60. The van der Waals surface area contributed by atoms with Crippen molar-refractivity contribution < 1.29 is 9.59 Å². The Labute approximate surface area is 144 Å². The number of hydrogen-bond acceptors (Lipinski definition) is 3. The third kappa shape index (κ3) is 3.58. The van der Waals surface area contributed by atoms with Crippen LogP contribution in [0.15, 0.2) is 28.7 Å². The Balaban J connectivity index is 1.64. The summed E-state index contributed by atoms with van der Waals surface area (Å²) in [4.78, 5) is 26.5. The van der Waals surface area contributed by atoms with Crippen LogP contribution in [0, 0.1) is 11.8 Å². The zero-order valence-corrected chi connectivity index (χ0v) is 14.6. The van der Waals surface area contributed by atoms with Crippen LogP contribution >= 0.6 is 15.9 Å². The van der Waals surface area contributed by atoms with Crippen LogP contribution in [0.5, 0.6) is 0 Å². The second-order valence-corrected chi connectivity index (χ2v) is 7.34. The maximum atomic E-state index is 12.5.